The topological polar surface area (TPSA) is 89.5 Å². The number of carbonyl (C=O) groups excluding carboxylic acids is 4. The number of halogens is 2. The molecule has 1 aliphatic carbocycles. The second-order valence-electron chi connectivity index (χ2n) is 7.09. The molecule has 1 aliphatic rings. The molecule has 0 atom stereocenters. The van der Waals surface area contributed by atoms with Gasteiger partial charge < -0.3 is 10.1 Å². The zero-order valence-electron chi connectivity index (χ0n) is 16.7. The molecule has 8 heteroatoms. The number of rotatable bonds is 4. The molecule has 160 valence electrons. The predicted molar refractivity (Wildman–Crippen MR) is 120 cm³/mol. The third kappa shape index (κ3) is 3.79. The van der Waals surface area contributed by atoms with E-state index >= 15 is 0 Å². The molecule has 0 saturated carbocycles. The number of ketones is 2. The van der Waals surface area contributed by atoms with Crippen LogP contribution in [-0.2, 0) is 9.53 Å². The average Bonchev–Trinajstić information content (AvgIpc) is 2.78. The van der Waals surface area contributed by atoms with E-state index in [0.717, 1.165) is 0 Å². The number of fused-ring (bicyclic) bond motifs is 2. The van der Waals surface area contributed by atoms with Gasteiger partial charge in [0.1, 0.15) is 0 Å². The van der Waals surface area contributed by atoms with Crippen LogP contribution in [0.1, 0.15) is 47.8 Å². The minimum absolute atomic E-state index is 0.0520. The lowest BCUT2D eigenvalue weighted by Crippen LogP contribution is -2.24. The Morgan fingerprint density at radius 3 is 2.28 bits per heavy atom. The van der Waals surface area contributed by atoms with Gasteiger partial charge in [0.05, 0.1) is 16.1 Å². The van der Waals surface area contributed by atoms with Gasteiger partial charge in [-0.3, -0.25) is 14.4 Å². The molecule has 0 heterocycles. The maximum atomic E-state index is 12.9. The summed E-state index contributed by atoms with van der Waals surface area (Å²) in [5.41, 5.74) is 1.62. The smallest absolute Gasteiger partial charge is 0.340 e. The molecule has 0 saturated heterocycles. The van der Waals surface area contributed by atoms with Gasteiger partial charge in [0.15, 0.2) is 18.2 Å². The predicted octanol–water partition coefficient (Wildman–Crippen LogP) is 4.87. The van der Waals surface area contributed by atoms with Gasteiger partial charge in [-0.05, 0) is 36.8 Å². The SMILES string of the molecule is Cc1c(Cl)cccc1NC(=O)COC(=O)c1ccc2c(c1Cl)C(=O)c1ccccc1C2=O. The molecule has 0 fully saturated rings. The van der Waals surface area contributed by atoms with Crippen LogP contribution in [0.15, 0.2) is 54.6 Å². The molecule has 0 spiro atoms. The summed E-state index contributed by atoms with van der Waals surface area (Å²) in [6.45, 7) is 1.17. The van der Waals surface area contributed by atoms with Crippen molar-refractivity contribution in [3.8, 4) is 0 Å². The highest BCUT2D eigenvalue weighted by molar-refractivity contribution is 6.41. The van der Waals surface area contributed by atoms with Crippen molar-refractivity contribution in [2.75, 3.05) is 11.9 Å². The Hall–Kier alpha value is -3.48. The second kappa shape index (κ2) is 8.57. The first-order valence-corrected chi connectivity index (χ1v) is 10.3. The first-order valence-electron chi connectivity index (χ1n) is 9.52. The van der Waals surface area contributed by atoms with E-state index in [2.05, 4.69) is 5.32 Å². The van der Waals surface area contributed by atoms with E-state index in [4.69, 9.17) is 27.9 Å². The van der Waals surface area contributed by atoms with Crippen LogP contribution < -0.4 is 5.32 Å². The van der Waals surface area contributed by atoms with Crippen molar-refractivity contribution in [1.29, 1.82) is 0 Å². The number of nitrogens with one attached hydrogen (secondary N) is 1. The fourth-order valence-electron chi connectivity index (χ4n) is 3.44. The van der Waals surface area contributed by atoms with Gasteiger partial charge in [0.2, 0.25) is 0 Å². The largest absolute Gasteiger partial charge is 0.452 e. The van der Waals surface area contributed by atoms with Crippen molar-refractivity contribution in [2.45, 2.75) is 6.92 Å². The first kappa shape index (κ1) is 21.7. The maximum absolute atomic E-state index is 12.9. The summed E-state index contributed by atoms with van der Waals surface area (Å²) in [6, 6.07) is 14.1. The van der Waals surface area contributed by atoms with Gasteiger partial charge in [-0.2, -0.15) is 0 Å². The molecule has 0 radical (unpaired) electrons. The molecular formula is C24H15Cl2NO5. The van der Waals surface area contributed by atoms with Crippen LogP contribution in [0.3, 0.4) is 0 Å². The molecule has 0 aliphatic heterocycles. The molecule has 3 aromatic carbocycles. The molecule has 4 rings (SSSR count). The monoisotopic (exact) mass is 467 g/mol. The fourth-order valence-corrected chi connectivity index (χ4v) is 3.94. The lowest BCUT2D eigenvalue weighted by molar-refractivity contribution is -0.119. The van der Waals surface area contributed by atoms with Crippen molar-refractivity contribution in [1.82, 2.24) is 0 Å². The van der Waals surface area contributed by atoms with Gasteiger partial charge in [-0.1, -0.05) is 53.5 Å². The lowest BCUT2D eigenvalue weighted by Gasteiger charge is -2.19. The van der Waals surface area contributed by atoms with E-state index in [1.54, 1.807) is 43.3 Å². The Balaban J connectivity index is 1.53. The number of carbonyl (C=O) groups is 4. The van der Waals surface area contributed by atoms with Crippen molar-refractivity contribution in [3.63, 3.8) is 0 Å². The third-order valence-electron chi connectivity index (χ3n) is 5.13. The van der Waals surface area contributed by atoms with Crippen LogP contribution in [0.4, 0.5) is 5.69 Å². The average molecular weight is 468 g/mol. The van der Waals surface area contributed by atoms with Crippen molar-refractivity contribution in [3.05, 3.63) is 98.0 Å². The molecule has 32 heavy (non-hydrogen) atoms. The van der Waals surface area contributed by atoms with E-state index in [-0.39, 0.29) is 38.6 Å². The number of ether oxygens (including phenoxy) is 1. The molecule has 6 nitrogen and oxygen atoms in total. The molecule has 0 bridgehead atoms. The fraction of sp³-hybridized carbons (Fsp3) is 0.0833. The highest BCUT2D eigenvalue weighted by atomic mass is 35.5. The minimum atomic E-state index is -0.894. The number of hydrogen-bond acceptors (Lipinski definition) is 5. The molecule has 3 aromatic rings. The Labute approximate surface area is 193 Å². The van der Waals surface area contributed by atoms with Gasteiger partial charge in [-0.15, -0.1) is 0 Å². The maximum Gasteiger partial charge on any atom is 0.340 e. The van der Waals surface area contributed by atoms with Gasteiger partial charge in [0, 0.05) is 27.4 Å². The number of amides is 1. The summed E-state index contributed by atoms with van der Waals surface area (Å²) in [5.74, 6) is -2.27. The summed E-state index contributed by atoms with van der Waals surface area (Å²) >= 11 is 12.4. The van der Waals surface area contributed by atoms with Crippen LogP contribution in [0.5, 0.6) is 0 Å². The first-order chi connectivity index (χ1) is 15.3. The Kier molecular flexibility index (Phi) is 5.82. The standard InChI is InChI=1S/C24H15Cl2NO5/c1-12-17(25)7-4-8-18(12)27-19(28)11-32-24(31)16-10-9-15-20(21(16)26)23(30)14-6-3-2-5-13(14)22(15)29/h2-10H,11H2,1H3,(H,27,28). The zero-order valence-corrected chi connectivity index (χ0v) is 18.2. The van der Waals surface area contributed by atoms with Crippen LogP contribution >= 0.6 is 23.2 Å². The second-order valence-corrected chi connectivity index (χ2v) is 7.88. The summed E-state index contributed by atoms with van der Waals surface area (Å²) in [6.07, 6.45) is 0. The van der Waals surface area contributed by atoms with Crippen LogP contribution in [-0.4, -0.2) is 30.0 Å². The van der Waals surface area contributed by atoms with Crippen LogP contribution in [0.25, 0.3) is 0 Å². The van der Waals surface area contributed by atoms with E-state index in [0.29, 0.717) is 16.3 Å². The highest BCUT2D eigenvalue weighted by Crippen LogP contribution is 2.34. The molecular weight excluding hydrogens is 453 g/mol. The summed E-state index contributed by atoms with van der Waals surface area (Å²) in [4.78, 5) is 50.4. The van der Waals surface area contributed by atoms with Gasteiger partial charge in [0.25, 0.3) is 5.91 Å². The molecule has 0 aromatic heterocycles. The summed E-state index contributed by atoms with van der Waals surface area (Å²) in [7, 11) is 0. The van der Waals surface area contributed by atoms with E-state index in [1.165, 1.54) is 18.2 Å². The molecule has 0 unspecified atom stereocenters. The van der Waals surface area contributed by atoms with E-state index < -0.39 is 24.3 Å². The molecule has 1 amide bonds. The third-order valence-corrected chi connectivity index (χ3v) is 5.93. The number of benzene rings is 3. The van der Waals surface area contributed by atoms with Crippen molar-refractivity contribution >= 4 is 52.3 Å². The highest BCUT2D eigenvalue weighted by Gasteiger charge is 2.33. The summed E-state index contributed by atoms with van der Waals surface area (Å²) < 4.78 is 5.07. The van der Waals surface area contributed by atoms with E-state index in [9.17, 15) is 19.2 Å². The number of anilines is 1. The minimum Gasteiger partial charge on any atom is -0.452 e. The number of hydrogen-bond donors (Lipinski definition) is 1. The van der Waals surface area contributed by atoms with Crippen molar-refractivity contribution in [2.24, 2.45) is 0 Å². The van der Waals surface area contributed by atoms with Gasteiger partial charge in [-0.25, -0.2) is 4.79 Å². The zero-order chi connectivity index (χ0) is 23.0. The number of esters is 1. The Morgan fingerprint density at radius 2 is 1.56 bits per heavy atom. The van der Waals surface area contributed by atoms with Crippen molar-refractivity contribution < 1.29 is 23.9 Å². The van der Waals surface area contributed by atoms with Gasteiger partial charge >= 0.3 is 5.97 Å². The normalized spacial score (nSPS) is 12.1. The molecule has 1 N–H and O–H groups in total. The van der Waals surface area contributed by atoms with E-state index in [1.807, 2.05) is 0 Å². The Bertz CT molecular complexity index is 1320. The lowest BCUT2D eigenvalue weighted by atomic mass is 9.83. The quantitative estimate of drug-likeness (QED) is 0.432. The summed E-state index contributed by atoms with van der Waals surface area (Å²) in [5, 5.41) is 2.91. The Morgan fingerprint density at radius 1 is 0.875 bits per heavy atom. The van der Waals surface area contributed by atoms with Crippen LogP contribution in [0.2, 0.25) is 10.0 Å². The van der Waals surface area contributed by atoms with Crippen LogP contribution in [0, 0.1) is 6.92 Å².